The van der Waals surface area contributed by atoms with Gasteiger partial charge in [-0.2, -0.15) is 0 Å². The number of fused-ring (bicyclic) bond motifs is 8. The van der Waals surface area contributed by atoms with Crippen LogP contribution in [0.15, 0.2) is 216 Å². The zero-order valence-electron chi connectivity index (χ0n) is 32.2. The highest BCUT2D eigenvalue weighted by Crippen LogP contribution is 2.35. The van der Waals surface area contributed by atoms with Crippen molar-refractivity contribution in [2.24, 2.45) is 0 Å². The zero-order chi connectivity index (χ0) is 39.9. The van der Waals surface area contributed by atoms with E-state index in [0.717, 1.165) is 99.0 Å². The summed E-state index contributed by atoms with van der Waals surface area (Å²) in [6.45, 7) is 0. The maximum absolute atomic E-state index is 14.6. The third-order valence-corrected chi connectivity index (χ3v) is 12.1. The van der Waals surface area contributed by atoms with Crippen LogP contribution in [-0.2, 0) is 0 Å². The number of hydrogen-bond acceptors (Lipinski definition) is 2. The molecule has 0 saturated heterocycles. The van der Waals surface area contributed by atoms with Gasteiger partial charge in [0.1, 0.15) is 0 Å². The minimum atomic E-state index is -0.130. The summed E-state index contributed by atoms with van der Waals surface area (Å²) in [7, 11) is 0. The average molecular weight is 771 g/mol. The molecule has 0 bridgehead atoms. The molecular weight excluding hydrogens is 737 g/mol. The maximum atomic E-state index is 14.6. The summed E-state index contributed by atoms with van der Waals surface area (Å²) in [6.07, 6.45) is 0. The van der Waals surface area contributed by atoms with Gasteiger partial charge in [0, 0.05) is 10.8 Å². The molecule has 12 rings (SSSR count). The Balaban J connectivity index is 0.936. The fourth-order valence-corrected chi connectivity index (χ4v) is 9.31. The molecular formula is C54H34N4O2. The molecule has 6 heteroatoms. The van der Waals surface area contributed by atoms with E-state index in [1.54, 1.807) is 9.13 Å². The highest BCUT2D eigenvalue weighted by atomic mass is 16.2. The van der Waals surface area contributed by atoms with Crippen molar-refractivity contribution in [3.63, 3.8) is 0 Å². The Morgan fingerprint density at radius 3 is 0.950 bits per heavy atom. The maximum Gasteiger partial charge on any atom is 0.338 e. The highest BCUT2D eigenvalue weighted by Gasteiger charge is 2.21. The number of nitrogens with zero attached hydrogens (tertiary/aromatic N) is 4. The topological polar surface area (TPSA) is 53.9 Å². The fourth-order valence-electron chi connectivity index (χ4n) is 9.31. The van der Waals surface area contributed by atoms with E-state index < -0.39 is 0 Å². The van der Waals surface area contributed by atoms with Crippen molar-refractivity contribution >= 4 is 65.2 Å². The van der Waals surface area contributed by atoms with Crippen LogP contribution >= 0.6 is 0 Å². The van der Waals surface area contributed by atoms with Gasteiger partial charge in [-0.1, -0.05) is 146 Å². The lowest BCUT2D eigenvalue weighted by Crippen LogP contribution is -2.22. The number of imidazole rings is 2. The number of aromatic nitrogens is 4. The van der Waals surface area contributed by atoms with Crippen LogP contribution in [0.5, 0.6) is 0 Å². The standard InChI is InChI=1S/C54H34N4O2/c59-53-55(47-21-9-11-23-49(47)57(53)51-33-37-13-1-3-15-41(37)43-17-5-7-19-45(43)51)39-29-25-35(26-30-39)36-27-31-40(32-28-36)56-48-22-10-12-24-50(48)58(54(56)60)52-34-38-14-2-4-16-42(38)44-18-6-8-20-46(44)52/h1-34H. The van der Waals surface area contributed by atoms with Crippen LogP contribution in [0, 0.1) is 0 Å². The second kappa shape index (κ2) is 13.2. The third-order valence-electron chi connectivity index (χ3n) is 12.1. The summed E-state index contributed by atoms with van der Waals surface area (Å²) < 4.78 is 7.29. The van der Waals surface area contributed by atoms with Crippen LogP contribution < -0.4 is 11.4 Å². The van der Waals surface area contributed by atoms with Gasteiger partial charge in [-0.3, -0.25) is 18.3 Å². The molecule has 12 aromatic rings. The molecule has 0 aliphatic heterocycles. The lowest BCUT2D eigenvalue weighted by atomic mass is 10.00. The smallest absolute Gasteiger partial charge is 0.260 e. The minimum Gasteiger partial charge on any atom is -0.260 e. The summed E-state index contributed by atoms with van der Waals surface area (Å²) in [5, 5.41) is 8.75. The second-order valence-electron chi connectivity index (χ2n) is 15.3. The van der Waals surface area contributed by atoms with Gasteiger partial charge in [-0.15, -0.1) is 0 Å². The van der Waals surface area contributed by atoms with Gasteiger partial charge < -0.3 is 0 Å². The summed E-state index contributed by atoms with van der Waals surface area (Å²) in [5.74, 6) is 0. The molecule has 0 aliphatic rings. The molecule has 10 aromatic carbocycles. The SMILES string of the molecule is O=c1n(-c2ccc(-c3ccc(-n4c(=O)n(-c5cc6ccccc6c6ccccc56)c5ccccc54)cc3)cc2)c2ccccc2n1-c1cc2ccccc2c2ccccc12. The summed E-state index contributed by atoms with van der Waals surface area (Å²) >= 11 is 0. The second-order valence-corrected chi connectivity index (χ2v) is 15.3. The zero-order valence-corrected chi connectivity index (χ0v) is 32.2. The van der Waals surface area contributed by atoms with Crippen LogP contribution in [-0.4, -0.2) is 18.3 Å². The number of hydrogen-bond donors (Lipinski definition) is 0. The summed E-state index contributed by atoms with van der Waals surface area (Å²) in [4.78, 5) is 29.3. The Labute approximate surface area is 343 Å². The molecule has 0 saturated carbocycles. The molecule has 0 aliphatic carbocycles. The molecule has 0 spiro atoms. The molecule has 0 N–H and O–H groups in total. The first-order valence-electron chi connectivity index (χ1n) is 20.1. The lowest BCUT2D eigenvalue weighted by Gasteiger charge is -2.12. The third kappa shape index (κ3) is 5.01. The molecule has 0 unspecified atom stereocenters. The molecule has 2 aromatic heterocycles. The van der Waals surface area contributed by atoms with E-state index in [2.05, 4.69) is 97.1 Å². The number of para-hydroxylation sites is 4. The summed E-state index contributed by atoms with van der Waals surface area (Å²) in [6, 6.07) is 69.7. The van der Waals surface area contributed by atoms with Gasteiger partial charge in [0.2, 0.25) is 0 Å². The highest BCUT2D eigenvalue weighted by molar-refractivity contribution is 6.12. The van der Waals surface area contributed by atoms with E-state index in [9.17, 15) is 9.59 Å². The van der Waals surface area contributed by atoms with Gasteiger partial charge >= 0.3 is 11.4 Å². The van der Waals surface area contributed by atoms with Crippen LogP contribution in [0.3, 0.4) is 0 Å². The van der Waals surface area contributed by atoms with E-state index in [4.69, 9.17) is 0 Å². The van der Waals surface area contributed by atoms with E-state index in [1.807, 2.05) is 118 Å². The number of rotatable bonds is 5. The average Bonchev–Trinajstić information content (AvgIpc) is 3.77. The number of benzene rings is 10. The predicted octanol–water partition coefficient (Wildman–Crippen LogP) is 12.2. The van der Waals surface area contributed by atoms with Gasteiger partial charge in [0.25, 0.3) is 0 Å². The molecule has 0 atom stereocenters. The first kappa shape index (κ1) is 33.9. The molecule has 282 valence electrons. The molecule has 0 fully saturated rings. The van der Waals surface area contributed by atoms with Gasteiger partial charge in [-0.05, 0) is 104 Å². The van der Waals surface area contributed by atoms with Crippen LogP contribution in [0.4, 0.5) is 0 Å². The Morgan fingerprint density at radius 2 is 0.567 bits per heavy atom. The van der Waals surface area contributed by atoms with Crippen molar-refractivity contribution in [3.05, 3.63) is 227 Å². The van der Waals surface area contributed by atoms with Crippen molar-refractivity contribution in [1.82, 2.24) is 18.3 Å². The van der Waals surface area contributed by atoms with Crippen molar-refractivity contribution in [2.75, 3.05) is 0 Å². The van der Waals surface area contributed by atoms with Crippen molar-refractivity contribution in [3.8, 4) is 33.9 Å². The predicted molar refractivity (Wildman–Crippen MR) is 247 cm³/mol. The summed E-state index contributed by atoms with van der Waals surface area (Å²) in [5.41, 5.74) is 8.35. The fraction of sp³-hybridized carbons (Fsp3) is 0. The van der Waals surface area contributed by atoms with E-state index >= 15 is 0 Å². The molecule has 60 heavy (non-hydrogen) atoms. The van der Waals surface area contributed by atoms with Gasteiger partial charge in [0.05, 0.1) is 44.8 Å². The van der Waals surface area contributed by atoms with E-state index in [0.29, 0.717) is 0 Å². The van der Waals surface area contributed by atoms with Crippen LogP contribution in [0.1, 0.15) is 0 Å². The minimum absolute atomic E-state index is 0.130. The normalized spacial score (nSPS) is 11.8. The Kier molecular flexibility index (Phi) is 7.43. The molecule has 0 amide bonds. The quantitative estimate of drug-likeness (QED) is 0.164. The van der Waals surface area contributed by atoms with E-state index in [-0.39, 0.29) is 11.4 Å². The van der Waals surface area contributed by atoms with Gasteiger partial charge in [-0.25, -0.2) is 9.59 Å². The molecule has 6 nitrogen and oxygen atoms in total. The largest absolute Gasteiger partial charge is 0.338 e. The lowest BCUT2D eigenvalue weighted by molar-refractivity contribution is 0.935. The molecule has 0 radical (unpaired) electrons. The first-order chi connectivity index (χ1) is 29.6. The van der Waals surface area contributed by atoms with Crippen molar-refractivity contribution in [2.45, 2.75) is 0 Å². The first-order valence-corrected chi connectivity index (χ1v) is 20.1. The van der Waals surface area contributed by atoms with Crippen LogP contribution in [0.25, 0.3) is 99.0 Å². The van der Waals surface area contributed by atoms with E-state index in [1.165, 1.54) is 0 Å². The van der Waals surface area contributed by atoms with Gasteiger partial charge in [0.15, 0.2) is 0 Å². The Bertz CT molecular complexity index is 3560. The van der Waals surface area contributed by atoms with Crippen molar-refractivity contribution in [1.29, 1.82) is 0 Å². The van der Waals surface area contributed by atoms with Crippen molar-refractivity contribution < 1.29 is 0 Å². The Morgan fingerprint density at radius 1 is 0.267 bits per heavy atom. The molecule has 2 heterocycles. The van der Waals surface area contributed by atoms with Crippen LogP contribution in [0.2, 0.25) is 0 Å². The monoisotopic (exact) mass is 770 g/mol. The Hall–Kier alpha value is -8.22.